The van der Waals surface area contributed by atoms with E-state index in [2.05, 4.69) is 36.1 Å². The first-order valence-electron chi connectivity index (χ1n) is 8.03. The van der Waals surface area contributed by atoms with Crippen molar-refractivity contribution in [3.63, 3.8) is 0 Å². The molecule has 1 aliphatic rings. The summed E-state index contributed by atoms with van der Waals surface area (Å²) in [6.45, 7) is 3.80. The SMILES string of the molecule is CN(C)CCNC(=O)c1cn(CC2=NCCN2)c2cc(Br)ccc12. The van der Waals surface area contributed by atoms with E-state index < -0.39 is 0 Å². The molecule has 0 fully saturated rings. The molecule has 0 atom stereocenters. The molecule has 1 amide bonds. The van der Waals surface area contributed by atoms with Gasteiger partial charge in [0, 0.05) is 35.7 Å². The first kappa shape index (κ1) is 17.0. The van der Waals surface area contributed by atoms with Crippen molar-refractivity contribution in [1.82, 2.24) is 20.1 Å². The molecule has 0 radical (unpaired) electrons. The van der Waals surface area contributed by atoms with Gasteiger partial charge in [-0.25, -0.2) is 0 Å². The Bertz CT molecular complexity index is 781. The van der Waals surface area contributed by atoms with Crippen molar-refractivity contribution in [2.45, 2.75) is 6.54 Å². The van der Waals surface area contributed by atoms with Crippen LogP contribution in [0.15, 0.2) is 33.9 Å². The average Bonchev–Trinajstić information content (AvgIpc) is 3.15. The molecular formula is C17H22BrN5O. The molecule has 2 heterocycles. The molecule has 7 heteroatoms. The van der Waals surface area contributed by atoms with Gasteiger partial charge in [-0.15, -0.1) is 0 Å². The molecule has 3 rings (SSSR count). The van der Waals surface area contributed by atoms with E-state index in [1.54, 1.807) is 0 Å². The van der Waals surface area contributed by atoms with Crippen molar-refractivity contribution in [1.29, 1.82) is 0 Å². The van der Waals surface area contributed by atoms with Gasteiger partial charge in [0.05, 0.1) is 24.2 Å². The Labute approximate surface area is 150 Å². The summed E-state index contributed by atoms with van der Waals surface area (Å²) < 4.78 is 3.08. The first-order valence-corrected chi connectivity index (χ1v) is 8.82. The predicted octanol–water partition coefficient (Wildman–Crippen LogP) is 1.70. The summed E-state index contributed by atoms with van der Waals surface area (Å²) in [5.74, 6) is 0.927. The van der Waals surface area contributed by atoms with Crippen LogP contribution in [0.2, 0.25) is 0 Å². The number of hydrogen-bond acceptors (Lipinski definition) is 4. The summed E-state index contributed by atoms with van der Waals surface area (Å²) in [5.41, 5.74) is 1.73. The van der Waals surface area contributed by atoms with Crippen molar-refractivity contribution in [2.24, 2.45) is 4.99 Å². The van der Waals surface area contributed by atoms with Crippen molar-refractivity contribution in [3.05, 3.63) is 34.4 Å². The second-order valence-corrected chi connectivity index (χ2v) is 7.06. The minimum Gasteiger partial charge on any atom is -0.370 e. The predicted molar refractivity (Wildman–Crippen MR) is 101 cm³/mol. The van der Waals surface area contributed by atoms with Crippen molar-refractivity contribution >= 4 is 38.6 Å². The van der Waals surface area contributed by atoms with E-state index in [0.717, 1.165) is 40.8 Å². The second kappa shape index (κ2) is 7.36. The van der Waals surface area contributed by atoms with Crippen LogP contribution < -0.4 is 10.6 Å². The number of benzene rings is 1. The van der Waals surface area contributed by atoms with E-state index >= 15 is 0 Å². The van der Waals surface area contributed by atoms with Crippen LogP contribution in [0.25, 0.3) is 10.9 Å². The zero-order valence-corrected chi connectivity index (χ0v) is 15.6. The van der Waals surface area contributed by atoms with Crippen LogP contribution in [-0.2, 0) is 6.54 Å². The number of carbonyl (C=O) groups is 1. The highest BCUT2D eigenvalue weighted by molar-refractivity contribution is 9.10. The number of likely N-dealkylation sites (N-methyl/N-ethyl adjacent to an activating group) is 1. The van der Waals surface area contributed by atoms with Gasteiger partial charge in [0.2, 0.25) is 0 Å². The zero-order valence-electron chi connectivity index (χ0n) is 14.0. The zero-order chi connectivity index (χ0) is 17.1. The maximum absolute atomic E-state index is 12.6. The molecule has 6 nitrogen and oxygen atoms in total. The lowest BCUT2D eigenvalue weighted by Gasteiger charge is -2.10. The lowest BCUT2D eigenvalue weighted by Crippen LogP contribution is -2.31. The summed E-state index contributed by atoms with van der Waals surface area (Å²) in [5, 5.41) is 7.23. The molecule has 24 heavy (non-hydrogen) atoms. The molecule has 2 N–H and O–H groups in total. The molecule has 0 bridgehead atoms. The fourth-order valence-corrected chi connectivity index (χ4v) is 3.13. The summed E-state index contributed by atoms with van der Waals surface area (Å²) in [7, 11) is 3.98. The minimum atomic E-state index is -0.0377. The fourth-order valence-electron chi connectivity index (χ4n) is 2.78. The number of aromatic nitrogens is 1. The highest BCUT2D eigenvalue weighted by Crippen LogP contribution is 2.25. The second-order valence-electron chi connectivity index (χ2n) is 6.15. The maximum Gasteiger partial charge on any atom is 0.253 e. The number of halogens is 1. The van der Waals surface area contributed by atoms with Crippen LogP contribution in [0.5, 0.6) is 0 Å². The molecule has 0 aliphatic carbocycles. The van der Waals surface area contributed by atoms with Crippen LogP contribution in [0.4, 0.5) is 0 Å². The first-order chi connectivity index (χ1) is 11.5. The highest BCUT2D eigenvalue weighted by atomic mass is 79.9. The standard InChI is InChI=1S/C17H22BrN5O/c1-22(2)8-7-21-17(24)14-10-23(11-16-19-5-6-20-16)15-9-12(18)3-4-13(14)15/h3-4,9-10H,5-8,11H2,1-2H3,(H,19,20)(H,21,24). The van der Waals surface area contributed by atoms with Crippen LogP contribution in [0.3, 0.4) is 0 Å². The van der Waals surface area contributed by atoms with Crippen LogP contribution >= 0.6 is 15.9 Å². The fraction of sp³-hybridized carbons (Fsp3) is 0.412. The van der Waals surface area contributed by atoms with E-state index in [-0.39, 0.29) is 5.91 Å². The third-order valence-electron chi connectivity index (χ3n) is 4.00. The van der Waals surface area contributed by atoms with E-state index in [1.165, 1.54) is 0 Å². The highest BCUT2D eigenvalue weighted by Gasteiger charge is 2.17. The summed E-state index contributed by atoms with van der Waals surface area (Å²) in [6.07, 6.45) is 1.92. The van der Waals surface area contributed by atoms with E-state index in [0.29, 0.717) is 18.7 Å². The van der Waals surface area contributed by atoms with Crippen LogP contribution in [0, 0.1) is 0 Å². The van der Waals surface area contributed by atoms with Gasteiger partial charge in [-0.3, -0.25) is 9.79 Å². The minimum absolute atomic E-state index is 0.0377. The molecule has 0 spiro atoms. The molecule has 2 aromatic rings. The Hall–Kier alpha value is -1.86. The van der Waals surface area contributed by atoms with E-state index in [4.69, 9.17) is 0 Å². The molecule has 1 aromatic heterocycles. The monoisotopic (exact) mass is 391 g/mol. The summed E-state index contributed by atoms with van der Waals surface area (Å²) >= 11 is 3.52. The van der Waals surface area contributed by atoms with Crippen molar-refractivity contribution < 1.29 is 4.79 Å². The number of rotatable bonds is 6. The Morgan fingerprint density at radius 1 is 1.46 bits per heavy atom. The number of nitrogens with one attached hydrogen (secondary N) is 2. The maximum atomic E-state index is 12.6. The third-order valence-corrected chi connectivity index (χ3v) is 4.49. The normalized spacial score (nSPS) is 14.1. The van der Waals surface area contributed by atoms with Gasteiger partial charge >= 0.3 is 0 Å². The van der Waals surface area contributed by atoms with E-state index in [1.807, 2.05) is 43.4 Å². The van der Waals surface area contributed by atoms with E-state index in [9.17, 15) is 4.79 Å². The lowest BCUT2D eigenvalue weighted by atomic mass is 10.1. The largest absolute Gasteiger partial charge is 0.370 e. The van der Waals surface area contributed by atoms with Crippen molar-refractivity contribution in [2.75, 3.05) is 40.3 Å². The van der Waals surface area contributed by atoms with Crippen LogP contribution in [0.1, 0.15) is 10.4 Å². The molecule has 1 aliphatic heterocycles. The van der Waals surface area contributed by atoms with Gasteiger partial charge in [0.15, 0.2) is 0 Å². The van der Waals surface area contributed by atoms with Gasteiger partial charge in [0.25, 0.3) is 5.91 Å². The molecule has 128 valence electrons. The number of hydrogen-bond donors (Lipinski definition) is 2. The van der Waals surface area contributed by atoms with Gasteiger partial charge in [-0.2, -0.15) is 0 Å². The van der Waals surface area contributed by atoms with Gasteiger partial charge in [-0.1, -0.05) is 22.0 Å². The van der Waals surface area contributed by atoms with Crippen molar-refractivity contribution in [3.8, 4) is 0 Å². The Kier molecular flexibility index (Phi) is 5.20. The average molecular weight is 392 g/mol. The molecule has 0 unspecified atom stereocenters. The Balaban J connectivity index is 1.88. The number of nitrogens with zero attached hydrogens (tertiary/aromatic N) is 3. The Morgan fingerprint density at radius 3 is 3.00 bits per heavy atom. The summed E-state index contributed by atoms with van der Waals surface area (Å²) in [4.78, 5) is 19.1. The van der Waals surface area contributed by atoms with Gasteiger partial charge < -0.3 is 20.1 Å². The number of aliphatic imine (C=N–C) groups is 1. The lowest BCUT2D eigenvalue weighted by molar-refractivity contribution is 0.0952. The number of carbonyl (C=O) groups excluding carboxylic acids is 1. The van der Waals surface area contributed by atoms with Gasteiger partial charge in [0.1, 0.15) is 5.84 Å². The topological polar surface area (TPSA) is 61.7 Å². The number of amides is 1. The van der Waals surface area contributed by atoms with Gasteiger partial charge in [-0.05, 0) is 26.2 Å². The smallest absolute Gasteiger partial charge is 0.253 e. The number of fused-ring (bicyclic) bond motifs is 1. The molecule has 1 aromatic carbocycles. The Morgan fingerprint density at radius 2 is 2.29 bits per heavy atom. The third kappa shape index (κ3) is 3.79. The number of amidine groups is 1. The summed E-state index contributed by atoms with van der Waals surface area (Å²) in [6, 6.07) is 6.00. The molecular weight excluding hydrogens is 370 g/mol. The van der Waals surface area contributed by atoms with Crippen LogP contribution in [-0.4, -0.2) is 61.5 Å². The molecule has 0 saturated carbocycles. The molecule has 0 saturated heterocycles. The quantitative estimate of drug-likeness (QED) is 0.787.